The van der Waals surface area contributed by atoms with Crippen LogP contribution in [0.4, 0.5) is 0 Å². The first-order valence-corrected chi connectivity index (χ1v) is 10.1. The number of ether oxygens (including phenoxy) is 2. The Bertz CT molecular complexity index is 1040. The van der Waals surface area contributed by atoms with Crippen LogP contribution in [0.5, 0.6) is 11.5 Å². The van der Waals surface area contributed by atoms with Gasteiger partial charge in [0.25, 0.3) is 11.7 Å². The fourth-order valence-corrected chi connectivity index (χ4v) is 3.75. The first-order chi connectivity index (χ1) is 14.8. The topological polar surface area (TPSA) is 96.3 Å². The van der Waals surface area contributed by atoms with Gasteiger partial charge in [0, 0.05) is 19.2 Å². The summed E-state index contributed by atoms with van der Waals surface area (Å²) >= 11 is 0. The van der Waals surface area contributed by atoms with Crippen LogP contribution in [0.15, 0.2) is 42.0 Å². The Hall–Kier alpha value is -3.32. The summed E-state index contributed by atoms with van der Waals surface area (Å²) < 4.78 is 10.6. The molecule has 0 aromatic heterocycles. The zero-order valence-electron chi connectivity index (χ0n) is 18.1. The standard InChI is InChI=1S/C24H27NO6/c1-5-31-19-13-16(8-9-18(19)26)21-20(23(28)24(29)25(21)10-11-30-4)22(27)17-12-14(2)6-7-15(17)3/h6-9,12-13,21,26-27H,5,10-11H2,1-4H3/t21-/m0/s1. The van der Waals surface area contributed by atoms with E-state index in [1.165, 1.54) is 18.1 Å². The molecular weight excluding hydrogens is 398 g/mol. The second-order valence-electron chi connectivity index (χ2n) is 7.46. The second kappa shape index (κ2) is 9.22. The lowest BCUT2D eigenvalue weighted by Gasteiger charge is -2.25. The lowest BCUT2D eigenvalue weighted by atomic mass is 9.93. The van der Waals surface area contributed by atoms with E-state index in [1.807, 2.05) is 26.0 Å². The third-order valence-electron chi connectivity index (χ3n) is 5.32. The van der Waals surface area contributed by atoms with E-state index in [9.17, 15) is 19.8 Å². The number of aryl methyl sites for hydroxylation is 2. The number of aliphatic hydroxyl groups is 1. The van der Waals surface area contributed by atoms with Crippen molar-refractivity contribution >= 4 is 17.4 Å². The summed E-state index contributed by atoms with van der Waals surface area (Å²) in [5.41, 5.74) is 2.75. The Morgan fingerprint density at radius 2 is 1.87 bits per heavy atom. The molecule has 164 valence electrons. The Morgan fingerprint density at radius 3 is 2.55 bits per heavy atom. The van der Waals surface area contributed by atoms with Gasteiger partial charge in [-0.25, -0.2) is 0 Å². The van der Waals surface area contributed by atoms with Gasteiger partial charge in [-0.05, 0) is 50.1 Å². The van der Waals surface area contributed by atoms with Crippen molar-refractivity contribution in [2.24, 2.45) is 0 Å². The summed E-state index contributed by atoms with van der Waals surface area (Å²) in [6.07, 6.45) is 0. The number of carbonyl (C=O) groups is 2. The monoisotopic (exact) mass is 425 g/mol. The Kier molecular flexibility index (Phi) is 6.65. The SMILES string of the molecule is CCOc1cc([C@H]2C(=C(O)c3cc(C)ccc3C)C(=O)C(=O)N2CCOC)ccc1O. The van der Waals surface area contributed by atoms with Gasteiger partial charge in [0.15, 0.2) is 11.5 Å². The van der Waals surface area contributed by atoms with Gasteiger partial charge < -0.3 is 24.6 Å². The maximum atomic E-state index is 13.0. The molecule has 31 heavy (non-hydrogen) atoms. The normalized spacial score (nSPS) is 17.9. The lowest BCUT2D eigenvalue weighted by molar-refractivity contribution is -0.140. The number of hydrogen-bond acceptors (Lipinski definition) is 6. The number of benzene rings is 2. The molecule has 1 saturated heterocycles. The predicted octanol–water partition coefficient (Wildman–Crippen LogP) is 3.48. The van der Waals surface area contributed by atoms with Crippen molar-refractivity contribution in [1.29, 1.82) is 0 Å². The molecule has 0 spiro atoms. The van der Waals surface area contributed by atoms with Gasteiger partial charge in [0.05, 0.1) is 24.8 Å². The van der Waals surface area contributed by atoms with Crippen LogP contribution in [0.25, 0.3) is 5.76 Å². The van der Waals surface area contributed by atoms with Crippen molar-refractivity contribution in [3.05, 3.63) is 64.2 Å². The lowest BCUT2D eigenvalue weighted by Crippen LogP contribution is -2.32. The summed E-state index contributed by atoms with van der Waals surface area (Å²) in [6, 6.07) is 9.37. The number of amides is 1. The molecule has 0 aliphatic carbocycles. The molecule has 0 bridgehead atoms. The van der Waals surface area contributed by atoms with Crippen molar-refractivity contribution in [2.75, 3.05) is 26.9 Å². The number of methoxy groups -OCH3 is 1. The smallest absolute Gasteiger partial charge is 0.295 e. The van der Waals surface area contributed by atoms with Gasteiger partial charge in [-0.3, -0.25) is 9.59 Å². The van der Waals surface area contributed by atoms with Crippen LogP contribution < -0.4 is 4.74 Å². The average Bonchev–Trinajstić information content (AvgIpc) is 3.00. The first-order valence-electron chi connectivity index (χ1n) is 10.1. The minimum Gasteiger partial charge on any atom is -0.507 e. The molecular formula is C24H27NO6. The van der Waals surface area contributed by atoms with E-state index < -0.39 is 17.7 Å². The third-order valence-corrected chi connectivity index (χ3v) is 5.32. The fraction of sp³-hybridized carbons (Fsp3) is 0.333. The summed E-state index contributed by atoms with van der Waals surface area (Å²) in [7, 11) is 1.51. The molecule has 1 amide bonds. The van der Waals surface area contributed by atoms with Crippen LogP contribution >= 0.6 is 0 Å². The molecule has 0 unspecified atom stereocenters. The molecule has 7 nitrogen and oxygen atoms in total. The quantitative estimate of drug-likeness (QED) is 0.401. The maximum absolute atomic E-state index is 13.0. The van der Waals surface area contributed by atoms with Gasteiger partial charge in [-0.15, -0.1) is 0 Å². The molecule has 2 aromatic carbocycles. The van der Waals surface area contributed by atoms with E-state index in [2.05, 4.69) is 0 Å². The number of phenolic OH excluding ortho intramolecular Hbond substituents is 1. The van der Waals surface area contributed by atoms with Crippen LogP contribution in [-0.2, 0) is 14.3 Å². The molecule has 1 atom stereocenters. The summed E-state index contributed by atoms with van der Waals surface area (Å²) in [6.45, 7) is 6.24. The fourth-order valence-electron chi connectivity index (χ4n) is 3.75. The molecule has 2 aromatic rings. The van der Waals surface area contributed by atoms with E-state index >= 15 is 0 Å². The minimum atomic E-state index is -0.838. The summed E-state index contributed by atoms with van der Waals surface area (Å²) in [4.78, 5) is 27.3. The van der Waals surface area contributed by atoms with Crippen molar-refractivity contribution in [3.8, 4) is 11.5 Å². The Morgan fingerprint density at radius 1 is 1.13 bits per heavy atom. The minimum absolute atomic E-state index is 0.00272. The molecule has 1 aliphatic rings. The predicted molar refractivity (Wildman–Crippen MR) is 116 cm³/mol. The molecule has 7 heteroatoms. The highest BCUT2D eigenvalue weighted by Crippen LogP contribution is 2.42. The van der Waals surface area contributed by atoms with E-state index in [0.29, 0.717) is 17.7 Å². The first kappa shape index (κ1) is 22.4. The molecule has 0 radical (unpaired) electrons. The summed E-state index contributed by atoms with van der Waals surface area (Å²) in [5.74, 6) is -1.50. The largest absolute Gasteiger partial charge is 0.507 e. The van der Waals surface area contributed by atoms with Gasteiger partial charge in [-0.2, -0.15) is 0 Å². The number of Topliss-reactive ketones (excluding diaryl/α,β-unsaturated/α-hetero) is 1. The number of hydrogen-bond donors (Lipinski definition) is 2. The number of ketones is 1. The number of carbonyl (C=O) groups excluding carboxylic acids is 2. The zero-order valence-corrected chi connectivity index (χ0v) is 18.1. The van der Waals surface area contributed by atoms with Crippen molar-refractivity contribution in [2.45, 2.75) is 26.8 Å². The number of likely N-dealkylation sites (tertiary alicyclic amines) is 1. The number of rotatable bonds is 7. The van der Waals surface area contributed by atoms with Crippen LogP contribution in [0.1, 0.15) is 35.2 Å². The Labute approximate surface area is 181 Å². The molecule has 0 saturated carbocycles. The van der Waals surface area contributed by atoms with E-state index in [4.69, 9.17) is 9.47 Å². The van der Waals surface area contributed by atoms with E-state index in [0.717, 1.165) is 11.1 Å². The van der Waals surface area contributed by atoms with Crippen molar-refractivity contribution < 1.29 is 29.3 Å². The summed E-state index contributed by atoms with van der Waals surface area (Å²) in [5, 5.41) is 21.3. The number of aromatic hydroxyl groups is 1. The van der Waals surface area contributed by atoms with Crippen LogP contribution in [0, 0.1) is 13.8 Å². The second-order valence-corrected chi connectivity index (χ2v) is 7.46. The van der Waals surface area contributed by atoms with Gasteiger partial charge in [0.1, 0.15) is 5.76 Å². The van der Waals surface area contributed by atoms with Crippen LogP contribution in [0.2, 0.25) is 0 Å². The highest BCUT2D eigenvalue weighted by Gasteiger charge is 2.46. The van der Waals surface area contributed by atoms with Crippen molar-refractivity contribution in [1.82, 2.24) is 4.90 Å². The number of phenols is 1. The van der Waals surface area contributed by atoms with Crippen LogP contribution in [-0.4, -0.2) is 53.7 Å². The third kappa shape index (κ3) is 4.27. The highest BCUT2D eigenvalue weighted by atomic mass is 16.5. The van der Waals surface area contributed by atoms with Gasteiger partial charge in [-0.1, -0.05) is 23.8 Å². The zero-order chi connectivity index (χ0) is 22.7. The molecule has 1 heterocycles. The van der Waals surface area contributed by atoms with Crippen molar-refractivity contribution in [3.63, 3.8) is 0 Å². The van der Waals surface area contributed by atoms with Gasteiger partial charge >= 0.3 is 0 Å². The molecule has 3 rings (SSSR count). The molecule has 2 N–H and O–H groups in total. The number of aliphatic hydroxyl groups excluding tert-OH is 1. The van der Waals surface area contributed by atoms with E-state index in [1.54, 1.807) is 25.1 Å². The number of nitrogens with zero attached hydrogens (tertiary/aromatic N) is 1. The highest BCUT2D eigenvalue weighted by molar-refractivity contribution is 6.46. The Balaban J connectivity index is 2.23. The molecule has 1 aliphatic heterocycles. The molecule has 1 fully saturated rings. The van der Waals surface area contributed by atoms with Crippen LogP contribution in [0.3, 0.4) is 0 Å². The average molecular weight is 425 g/mol. The van der Waals surface area contributed by atoms with Gasteiger partial charge in [0.2, 0.25) is 0 Å². The maximum Gasteiger partial charge on any atom is 0.295 e. The van der Waals surface area contributed by atoms with E-state index in [-0.39, 0.29) is 36.0 Å².